The van der Waals surface area contributed by atoms with Crippen molar-refractivity contribution in [1.82, 2.24) is 14.9 Å². The molecule has 26 heavy (non-hydrogen) atoms. The zero-order valence-corrected chi connectivity index (χ0v) is 15.4. The van der Waals surface area contributed by atoms with E-state index < -0.39 is 0 Å². The number of carbonyl (C=O) groups excluding carboxylic acids is 1. The van der Waals surface area contributed by atoms with Crippen molar-refractivity contribution in [3.05, 3.63) is 17.6 Å². The van der Waals surface area contributed by atoms with Crippen LogP contribution >= 0.6 is 0 Å². The smallest absolute Gasteiger partial charge is 0.225 e. The third-order valence-electron chi connectivity index (χ3n) is 5.87. The number of piperidine rings is 1. The van der Waals surface area contributed by atoms with Gasteiger partial charge >= 0.3 is 0 Å². The van der Waals surface area contributed by atoms with Gasteiger partial charge in [0, 0.05) is 49.8 Å². The van der Waals surface area contributed by atoms with Crippen LogP contribution < -0.4 is 4.90 Å². The Bertz CT molecular complexity index is 648. The van der Waals surface area contributed by atoms with Crippen LogP contribution in [0.5, 0.6) is 0 Å². The molecule has 1 amide bonds. The molecule has 1 aromatic rings. The number of hydrogen-bond acceptors (Lipinski definition) is 6. The predicted octanol–water partition coefficient (Wildman–Crippen LogP) is 1.10. The molecule has 1 saturated carbocycles. The van der Waals surface area contributed by atoms with Crippen molar-refractivity contribution < 1.29 is 14.6 Å². The van der Waals surface area contributed by atoms with Crippen LogP contribution in [0.25, 0.3) is 0 Å². The number of ether oxygens (including phenoxy) is 1. The van der Waals surface area contributed by atoms with Gasteiger partial charge in [0.2, 0.25) is 5.91 Å². The van der Waals surface area contributed by atoms with Gasteiger partial charge in [0.05, 0.1) is 19.3 Å². The molecule has 0 radical (unpaired) electrons. The minimum absolute atomic E-state index is 0.119. The lowest BCUT2D eigenvalue weighted by molar-refractivity contribution is -0.140. The van der Waals surface area contributed by atoms with Gasteiger partial charge in [-0.3, -0.25) is 4.79 Å². The summed E-state index contributed by atoms with van der Waals surface area (Å²) in [7, 11) is 0. The Hall–Kier alpha value is -1.73. The molecule has 142 valence electrons. The molecule has 3 aliphatic rings. The quantitative estimate of drug-likeness (QED) is 0.870. The second-order valence-electron chi connectivity index (χ2n) is 7.72. The van der Waals surface area contributed by atoms with Crippen molar-refractivity contribution in [2.45, 2.75) is 44.6 Å². The molecule has 0 unspecified atom stereocenters. The van der Waals surface area contributed by atoms with E-state index in [0.717, 1.165) is 69.2 Å². The number of aromatic nitrogens is 2. The van der Waals surface area contributed by atoms with Gasteiger partial charge in [0.15, 0.2) is 0 Å². The van der Waals surface area contributed by atoms with Crippen LogP contribution in [0, 0.1) is 12.8 Å². The summed E-state index contributed by atoms with van der Waals surface area (Å²) in [6.45, 7) is 6.39. The highest BCUT2D eigenvalue weighted by Crippen LogP contribution is 2.37. The lowest BCUT2D eigenvalue weighted by Crippen LogP contribution is -2.47. The average Bonchev–Trinajstić information content (AvgIpc) is 2.65. The topological polar surface area (TPSA) is 78.8 Å². The summed E-state index contributed by atoms with van der Waals surface area (Å²) in [5.74, 6) is 2.51. The van der Waals surface area contributed by atoms with Crippen molar-refractivity contribution in [2.24, 2.45) is 5.92 Å². The standard InChI is InChI=1S/C19H28N4O3/c1-13-20-17(15-10-16(24)11-15)12-18(21-13)22-4-2-14(3-5-22)19(25)23-6-8-26-9-7-23/h12,14-16,24H,2-11H2,1H3. The highest BCUT2D eigenvalue weighted by Gasteiger charge is 2.32. The van der Waals surface area contributed by atoms with E-state index in [-0.39, 0.29) is 17.9 Å². The fraction of sp³-hybridized carbons (Fsp3) is 0.737. The van der Waals surface area contributed by atoms with Gasteiger partial charge < -0.3 is 19.6 Å². The number of aliphatic hydroxyl groups excluding tert-OH is 1. The second kappa shape index (κ2) is 7.48. The SMILES string of the molecule is Cc1nc(C2CC(O)C2)cc(N2CCC(C(=O)N3CCOCC3)CC2)n1. The van der Waals surface area contributed by atoms with E-state index in [9.17, 15) is 9.90 Å². The van der Waals surface area contributed by atoms with Crippen molar-refractivity contribution in [2.75, 3.05) is 44.3 Å². The minimum Gasteiger partial charge on any atom is -0.393 e. The minimum atomic E-state index is -0.180. The number of aliphatic hydroxyl groups is 1. The van der Waals surface area contributed by atoms with Crippen molar-refractivity contribution in [3.63, 3.8) is 0 Å². The summed E-state index contributed by atoms with van der Waals surface area (Å²) in [4.78, 5) is 26.1. The number of morpholine rings is 1. The van der Waals surface area contributed by atoms with Gasteiger partial charge in [-0.2, -0.15) is 0 Å². The van der Waals surface area contributed by atoms with Crippen molar-refractivity contribution in [3.8, 4) is 0 Å². The molecule has 0 bridgehead atoms. The maximum Gasteiger partial charge on any atom is 0.225 e. The normalized spacial score (nSPS) is 27.3. The second-order valence-corrected chi connectivity index (χ2v) is 7.72. The monoisotopic (exact) mass is 360 g/mol. The summed E-state index contributed by atoms with van der Waals surface area (Å²) in [6.07, 6.45) is 3.16. The Morgan fingerprint density at radius 2 is 1.85 bits per heavy atom. The van der Waals surface area contributed by atoms with Gasteiger partial charge in [-0.05, 0) is 32.6 Å². The first-order valence-corrected chi connectivity index (χ1v) is 9.75. The van der Waals surface area contributed by atoms with Gasteiger partial charge in [0.1, 0.15) is 11.6 Å². The fourth-order valence-electron chi connectivity index (χ4n) is 4.17. The first kappa shape index (κ1) is 17.7. The Labute approximate surface area is 154 Å². The number of hydrogen-bond donors (Lipinski definition) is 1. The lowest BCUT2D eigenvalue weighted by Gasteiger charge is -2.36. The third-order valence-corrected chi connectivity index (χ3v) is 5.87. The number of amides is 1. The molecule has 4 rings (SSSR count). The molecule has 0 atom stereocenters. The van der Waals surface area contributed by atoms with E-state index >= 15 is 0 Å². The summed E-state index contributed by atoms with van der Waals surface area (Å²) in [6, 6.07) is 2.08. The molecule has 7 heteroatoms. The molecule has 1 aromatic heterocycles. The number of carbonyl (C=O) groups is 1. The summed E-state index contributed by atoms with van der Waals surface area (Å²) in [5.41, 5.74) is 1.05. The van der Waals surface area contributed by atoms with Gasteiger partial charge in [-0.1, -0.05) is 0 Å². The molecule has 7 nitrogen and oxygen atoms in total. The van der Waals surface area contributed by atoms with Crippen molar-refractivity contribution in [1.29, 1.82) is 0 Å². The van der Waals surface area contributed by atoms with E-state index in [4.69, 9.17) is 4.74 Å². The van der Waals surface area contributed by atoms with E-state index in [1.807, 2.05) is 11.8 Å². The molecule has 1 N–H and O–H groups in total. The first-order valence-electron chi connectivity index (χ1n) is 9.75. The zero-order chi connectivity index (χ0) is 18.1. The average molecular weight is 360 g/mol. The maximum absolute atomic E-state index is 12.7. The van der Waals surface area contributed by atoms with E-state index in [0.29, 0.717) is 19.1 Å². The van der Waals surface area contributed by atoms with E-state index in [1.54, 1.807) is 0 Å². The number of rotatable bonds is 3. The van der Waals surface area contributed by atoms with Crippen LogP contribution in [0.1, 0.15) is 43.1 Å². The van der Waals surface area contributed by atoms with E-state index in [2.05, 4.69) is 20.9 Å². The Balaban J connectivity index is 1.37. The van der Waals surface area contributed by atoms with E-state index in [1.165, 1.54) is 0 Å². The fourth-order valence-corrected chi connectivity index (χ4v) is 4.17. The molecule has 2 saturated heterocycles. The Morgan fingerprint density at radius 3 is 2.50 bits per heavy atom. The van der Waals surface area contributed by atoms with Gasteiger partial charge in [-0.25, -0.2) is 9.97 Å². The van der Waals surface area contributed by atoms with Crippen LogP contribution in [0.4, 0.5) is 5.82 Å². The van der Waals surface area contributed by atoms with Crippen LogP contribution in [-0.4, -0.2) is 71.4 Å². The molecule has 0 aromatic carbocycles. The van der Waals surface area contributed by atoms with Crippen LogP contribution in [0.2, 0.25) is 0 Å². The largest absolute Gasteiger partial charge is 0.393 e. The first-order chi connectivity index (χ1) is 12.6. The number of nitrogens with zero attached hydrogens (tertiary/aromatic N) is 4. The molecule has 1 aliphatic carbocycles. The number of aryl methyl sites for hydroxylation is 1. The van der Waals surface area contributed by atoms with Crippen LogP contribution in [0.3, 0.4) is 0 Å². The molecular weight excluding hydrogens is 332 g/mol. The van der Waals surface area contributed by atoms with Gasteiger partial charge in [0.25, 0.3) is 0 Å². The highest BCUT2D eigenvalue weighted by atomic mass is 16.5. The van der Waals surface area contributed by atoms with Crippen LogP contribution in [0.15, 0.2) is 6.07 Å². The summed E-state index contributed by atoms with van der Waals surface area (Å²) in [5, 5.41) is 9.56. The molecule has 0 spiro atoms. The lowest BCUT2D eigenvalue weighted by atomic mass is 9.80. The van der Waals surface area contributed by atoms with Gasteiger partial charge in [-0.15, -0.1) is 0 Å². The molecular formula is C19H28N4O3. The van der Waals surface area contributed by atoms with Crippen LogP contribution in [-0.2, 0) is 9.53 Å². The Kier molecular flexibility index (Phi) is 5.09. The predicted molar refractivity (Wildman–Crippen MR) is 97.1 cm³/mol. The number of anilines is 1. The maximum atomic E-state index is 12.7. The summed E-state index contributed by atoms with van der Waals surface area (Å²) < 4.78 is 5.34. The van der Waals surface area contributed by atoms with Crippen molar-refractivity contribution >= 4 is 11.7 Å². The highest BCUT2D eigenvalue weighted by molar-refractivity contribution is 5.79. The molecule has 2 aliphatic heterocycles. The third kappa shape index (κ3) is 3.69. The Morgan fingerprint density at radius 1 is 1.15 bits per heavy atom. The molecule has 3 heterocycles. The summed E-state index contributed by atoms with van der Waals surface area (Å²) >= 11 is 0. The zero-order valence-electron chi connectivity index (χ0n) is 15.4. The molecule has 3 fully saturated rings.